The monoisotopic (exact) mass is 342 g/mol. The summed E-state index contributed by atoms with van der Waals surface area (Å²) in [5.41, 5.74) is -0.115. The van der Waals surface area contributed by atoms with Crippen LogP contribution in [0.2, 0.25) is 0 Å². The normalized spacial score (nSPS) is 14.4. The zero-order valence-electron chi connectivity index (χ0n) is 14.0. The average Bonchev–Trinajstić information content (AvgIpc) is 2.63. The Bertz CT molecular complexity index is 949. The van der Waals surface area contributed by atoms with Crippen LogP contribution in [0.4, 0.5) is 10.2 Å². The molecule has 0 aliphatic carbocycles. The van der Waals surface area contributed by atoms with Gasteiger partial charge in [0.2, 0.25) is 0 Å². The van der Waals surface area contributed by atoms with E-state index in [0.29, 0.717) is 16.9 Å². The second kappa shape index (κ2) is 6.93. The van der Waals surface area contributed by atoms with E-state index in [1.54, 1.807) is 0 Å². The van der Waals surface area contributed by atoms with Crippen LogP contribution in [0.1, 0.15) is 30.4 Å². The van der Waals surface area contributed by atoms with Crippen LogP contribution in [0.15, 0.2) is 33.9 Å². The SMILES string of the molecule is Cn1c(=O)cc(N2CCCCC2)n(Cc2cc(F)ccc2C#N)c1=O. The molecule has 0 saturated carbocycles. The highest BCUT2D eigenvalue weighted by Crippen LogP contribution is 2.19. The minimum absolute atomic E-state index is 0.0411. The Balaban J connectivity index is 2.13. The summed E-state index contributed by atoms with van der Waals surface area (Å²) in [4.78, 5) is 26.8. The third kappa shape index (κ3) is 3.33. The maximum atomic E-state index is 13.6. The van der Waals surface area contributed by atoms with E-state index in [1.165, 1.54) is 35.9 Å². The Kier molecular flexibility index (Phi) is 4.70. The van der Waals surface area contributed by atoms with Gasteiger partial charge in [-0.05, 0) is 43.0 Å². The number of hydrogen-bond acceptors (Lipinski definition) is 4. The van der Waals surface area contributed by atoms with Gasteiger partial charge < -0.3 is 4.90 Å². The lowest BCUT2D eigenvalue weighted by Gasteiger charge is -2.31. The molecule has 2 aromatic rings. The van der Waals surface area contributed by atoms with Gasteiger partial charge in [0.15, 0.2) is 0 Å². The number of rotatable bonds is 3. The minimum Gasteiger partial charge on any atom is -0.358 e. The largest absolute Gasteiger partial charge is 0.358 e. The van der Waals surface area contributed by atoms with E-state index in [4.69, 9.17) is 0 Å². The van der Waals surface area contributed by atoms with Crippen molar-refractivity contribution in [1.82, 2.24) is 9.13 Å². The summed E-state index contributed by atoms with van der Waals surface area (Å²) in [6.07, 6.45) is 3.10. The van der Waals surface area contributed by atoms with Gasteiger partial charge in [0.05, 0.1) is 18.2 Å². The highest BCUT2D eigenvalue weighted by Gasteiger charge is 2.19. The first-order valence-electron chi connectivity index (χ1n) is 8.25. The minimum atomic E-state index is -0.471. The van der Waals surface area contributed by atoms with Gasteiger partial charge in [-0.3, -0.25) is 13.9 Å². The lowest BCUT2D eigenvalue weighted by Crippen LogP contribution is -2.43. The highest BCUT2D eigenvalue weighted by atomic mass is 19.1. The van der Waals surface area contributed by atoms with Crippen LogP contribution < -0.4 is 16.1 Å². The van der Waals surface area contributed by atoms with Gasteiger partial charge in [-0.25, -0.2) is 9.18 Å². The smallest absolute Gasteiger partial charge is 0.332 e. The maximum Gasteiger partial charge on any atom is 0.332 e. The Morgan fingerprint density at radius 1 is 1.16 bits per heavy atom. The van der Waals surface area contributed by atoms with E-state index in [1.807, 2.05) is 11.0 Å². The third-order valence-corrected chi connectivity index (χ3v) is 4.57. The molecule has 7 heteroatoms. The average molecular weight is 342 g/mol. The molecule has 1 fully saturated rings. The van der Waals surface area contributed by atoms with Gasteiger partial charge in [-0.15, -0.1) is 0 Å². The van der Waals surface area contributed by atoms with Crippen molar-refractivity contribution in [2.75, 3.05) is 18.0 Å². The van der Waals surface area contributed by atoms with E-state index in [9.17, 15) is 19.2 Å². The van der Waals surface area contributed by atoms with Crippen LogP contribution in [0.25, 0.3) is 0 Å². The van der Waals surface area contributed by atoms with Crippen molar-refractivity contribution >= 4 is 5.82 Å². The van der Waals surface area contributed by atoms with Crippen LogP contribution in [-0.4, -0.2) is 22.2 Å². The molecule has 25 heavy (non-hydrogen) atoms. The highest BCUT2D eigenvalue weighted by molar-refractivity contribution is 5.42. The molecule has 0 unspecified atom stereocenters. The van der Waals surface area contributed by atoms with E-state index < -0.39 is 11.5 Å². The van der Waals surface area contributed by atoms with E-state index in [2.05, 4.69) is 0 Å². The zero-order valence-corrected chi connectivity index (χ0v) is 14.0. The lowest BCUT2D eigenvalue weighted by molar-refractivity contribution is 0.547. The molecule has 0 N–H and O–H groups in total. The van der Waals surface area contributed by atoms with Crippen molar-refractivity contribution in [3.8, 4) is 6.07 Å². The van der Waals surface area contributed by atoms with Gasteiger partial charge in [0.25, 0.3) is 5.56 Å². The van der Waals surface area contributed by atoms with E-state index in [-0.39, 0.29) is 12.1 Å². The molecular formula is C18H19FN4O2. The molecule has 1 aromatic carbocycles. The Morgan fingerprint density at radius 2 is 1.88 bits per heavy atom. The fourth-order valence-electron chi connectivity index (χ4n) is 3.16. The van der Waals surface area contributed by atoms with Crippen molar-refractivity contribution < 1.29 is 4.39 Å². The summed E-state index contributed by atoms with van der Waals surface area (Å²) < 4.78 is 16.1. The summed E-state index contributed by atoms with van der Waals surface area (Å²) in [6.45, 7) is 1.57. The van der Waals surface area contributed by atoms with Crippen LogP contribution in [0.5, 0.6) is 0 Å². The van der Waals surface area contributed by atoms with Gasteiger partial charge in [0.1, 0.15) is 11.6 Å². The van der Waals surface area contributed by atoms with E-state index in [0.717, 1.165) is 36.9 Å². The van der Waals surface area contributed by atoms with Crippen LogP contribution in [0.3, 0.4) is 0 Å². The molecule has 2 heterocycles. The number of anilines is 1. The van der Waals surface area contributed by atoms with E-state index >= 15 is 0 Å². The number of halogens is 1. The van der Waals surface area contributed by atoms with Crippen molar-refractivity contribution in [2.24, 2.45) is 7.05 Å². The number of hydrogen-bond donors (Lipinski definition) is 0. The quantitative estimate of drug-likeness (QED) is 0.849. The fourth-order valence-corrected chi connectivity index (χ4v) is 3.16. The molecule has 0 atom stereocenters. The fraction of sp³-hybridized carbons (Fsp3) is 0.389. The molecule has 1 saturated heterocycles. The number of aromatic nitrogens is 2. The zero-order chi connectivity index (χ0) is 18.0. The molecule has 6 nitrogen and oxygen atoms in total. The molecule has 0 radical (unpaired) electrons. The number of benzene rings is 1. The number of nitriles is 1. The Morgan fingerprint density at radius 3 is 2.56 bits per heavy atom. The van der Waals surface area contributed by atoms with Crippen LogP contribution in [-0.2, 0) is 13.6 Å². The Labute approximate surface area is 144 Å². The molecule has 130 valence electrons. The predicted octanol–water partition coefficient (Wildman–Crippen LogP) is 1.60. The lowest BCUT2D eigenvalue weighted by atomic mass is 10.1. The summed E-state index contributed by atoms with van der Waals surface area (Å²) >= 11 is 0. The van der Waals surface area contributed by atoms with Gasteiger partial charge in [-0.2, -0.15) is 5.26 Å². The Hall–Kier alpha value is -2.88. The summed E-state index contributed by atoms with van der Waals surface area (Å²) in [5.74, 6) is 0.0624. The second-order valence-electron chi connectivity index (χ2n) is 6.23. The first-order chi connectivity index (χ1) is 12.0. The van der Waals surface area contributed by atoms with Crippen molar-refractivity contribution in [2.45, 2.75) is 25.8 Å². The molecule has 3 rings (SSSR count). The van der Waals surface area contributed by atoms with Crippen LogP contribution in [0, 0.1) is 17.1 Å². The second-order valence-corrected chi connectivity index (χ2v) is 6.23. The topological polar surface area (TPSA) is 71.0 Å². The number of piperidine rings is 1. The van der Waals surface area contributed by atoms with Gasteiger partial charge in [0, 0.05) is 26.2 Å². The molecular weight excluding hydrogens is 323 g/mol. The molecule has 1 aliphatic heterocycles. The molecule has 1 aromatic heterocycles. The molecule has 1 aliphatic rings. The summed E-state index contributed by atoms with van der Waals surface area (Å²) in [7, 11) is 1.41. The summed E-state index contributed by atoms with van der Waals surface area (Å²) in [5, 5.41) is 9.25. The molecule has 0 spiro atoms. The maximum absolute atomic E-state index is 13.6. The van der Waals surface area contributed by atoms with Gasteiger partial charge in [-0.1, -0.05) is 0 Å². The van der Waals surface area contributed by atoms with Crippen molar-refractivity contribution in [1.29, 1.82) is 5.26 Å². The van der Waals surface area contributed by atoms with Crippen molar-refractivity contribution in [3.63, 3.8) is 0 Å². The van der Waals surface area contributed by atoms with Gasteiger partial charge >= 0.3 is 5.69 Å². The predicted molar refractivity (Wildman–Crippen MR) is 92.2 cm³/mol. The van der Waals surface area contributed by atoms with Crippen molar-refractivity contribution in [3.05, 3.63) is 62.0 Å². The first kappa shape index (κ1) is 17.0. The van der Waals surface area contributed by atoms with Crippen LogP contribution >= 0.6 is 0 Å². The summed E-state index contributed by atoms with van der Waals surface area (Å²) in [6, 6.07) is 7.35. The molecule has 0 amide bonds. The first-order valence-corrected chi connectivity index (χ1v) is 8.25. The third-order valence-electron chi connectivity index (χ3n) is 4.57. The number of nitrogens with zero attached hydrogens (tertiary/aromatic N) is 4. The molecule has 0 bridgehead atoms. The standard InChI is InChI=1S/C18H19FN4O2/c1-21-17(24)10-16(22-7-3-2-4-8-22)23(18(21)25)12-14-9-15(19)6-5-13(14)11-20/h5-6,9-10H,2-4,7-8,12H2,1H3.